The summed E-state index contributed by atoms with van der Waals surface area (Å²) in [6.45, 7) is 0. The molecule has 142 valence electrons. The van der Waals surface area contributed by atoms with Crippen LogP contribution in [0.5, 0.6) is 5.75 Å². The van der Waals surface area contributed by atoms with Gasteiger partial charge in [0.05, 0.1) is 28.0 Å². The number of para-hydroxylation sites is 1. The number of phenols is 1. The van der Waals surface area contributed by atoms with Crippen LogP contribution in [0.15, 0.2) is 57.9 Å². The number of nitrogens with two attached hydrogens (primary N) is 1. The van der Waals surface area contributed by atoms with Crippen molar-refractivity contribution in [3.63, 3.8) is 0 Å². The Morgan fingerprint density at radius 2 is 2.07 bits per heavy atom. The van der Waals surface area contributed by atoms with Gasteiger partial charge in [0.25, 0.3) is 11.6 Å². The van der Waals surface area contributed by atoms with E-state index in [0.29, 0.717) is 21.6 Å². The van der Waals surface area contributed by atoms with E-state index in [9.17, 15) is 20.0 Å². The molecule has 0 bridgehead atoms. The summed E-state index contributed by atoms with van der Waals surface area (Å²) in [5, 5.41) is 27.1. The molecule has 1 amide bonds. The summed E-state index contributed by atoms with van der Waals surface area (Å²) < 4.78 is 1.50. The molecule has 0 saturated heterocycles. The lowest BCUT2D eigenvalue weighted by atomic mass is 10.1. The highest BCUT2D eigenvalue weighted by Gasteiger charge is 2.14. The topological polar surface area (TPSA) is 136 Å². The predicted octanol–water partition coefficient (Wildman–Crippen LogP) is 2.34. The molecule has 3 N–H and O–H groups in total. The van der Waals surface area contributed by atoms with E-state index in [-0.39, 0.29) is 17.0 Å². The lowest BCUT2D eigenvalue weighted by Crippen LogP contribution is -2.13. The molecule has 3 rings (SSSR count). The number of aromatic hydroxyl groups is 1. The molecule has 0 unspecified atom stereocenters. The quantitative estimate of drug-likeness (QED) is 0.388. The number of nitrogens with zero attached hydrogens (tertiary/aromatic N) is 4. The normalized spacial score (nSPS) is 11.8. The second kappa shape index (κ2) is 7.84. The zero-order valence-corrected chi connectivity index (χ0v) is 15.5. The lowest BCUT2D eigenvalue weighted by Gasteiger charge is -2.06. The molecule has 1 aromatic heterocycles. The van der Waals surface area contributed by atoms with Crippen LogP contribution in [0.25, 0.3) is 11.3 Å². The van der Waals surface area contributed by atoms with Crippen molar-refractivity contribution in [2.75, 3.05) is 7.05 Å². The van der Waals surface area contributed by atoms with E-state index in [0.717, 1.165) is 0 Å². The fraction of sp³-hybridized carbons (Fsp3) is 0.0556. The summed E-state index contributed by atoms with van der Waals surface area (Å²) >= 11 is 1.31. The Morgan fingerprint density at radius 1 is 1.32 bits per heavy atom. The first-order chi connectivity index (χ1) is 13.4. The van der Waals surface area contributed by atoms with Crippen LogP contribution in [0, 0.1) is 10.1 Å². The number of rotatable bonds is 5. The number of primary amides is 1. The van der Waals surface area contributed by atoms with Crippen LogP contribution in [0.2, 0.25) is 0 Å². The average Bonchev–Trinajstić information content (AvgIpc) is 3.09. The van der Waals surface area contributed by atoms with Crippen LogP contribution in [-0.4, -0.2) is 33.9 Å². The van der Waals surface area contributed by atoms with Crippen LogP contribution in [0.1, 0.15) is 15.9 Å². The maximum atomic E-state index is 11.5. The van der Waals surface area contributed by atoms with Gasteiger partial charge in [0.2, 0.25) is 4.80 Å². The van der Waals surface area contributed by atoms with Crippen molar-refractivity contribution in [2.45, 2.75) is 0 Å². The Hall–Kier alpha value is -3.79. The molecule has 2 aromatic carbocycles. The van der Waals surface area contributed by atoms with Crippen molar-refractivity contribution in [2.24, 2.45) is 15.8 Å². The first-order valence-corrected chi connectivity index (χ1v) is 8.84. The minimum absolute atomic E-state index is 0.0204. The van der Waals surface area contributed by atoms with Gasteiger partial charge >= 0.3 is 0 Å². The fourth-order valence-electron chi connectivity index (χ4n) is 2.54. The van der Waals surface area contributed by atoms with E-state index in [2.05, 4.69) is 10.1 Å². The number of benzene rings is 2. The maximum absolute atomic E-state index is 11.5. The van der Waals surface area contributed by atoms with E-state index < -0.39 is 10.8 Å². The molecule has 0 atom stereocenters. The Labute approximate surface area is 162 Å². The summed E-state index contributed by atoms with van der Waals surface area (Å²) in [6.07, 6.45) is 1.37. The van der Waals surface area contributed by atoms with Gasteiger partial charge in [0.15, 0.2) is 0 Å². The van der Waals surface area contributed by atoms with Crippen LogP contribution in [0.3, 0.4) is 0 Å². The summed E-state index contributed by atoms with van der Waals surface area (Å²) in [6, 6.07) is 10.7. The Bertz CT molecular complexity index is 1160. The largest absolute Gasteiger partial charge is 0.507 e. The van der Waals surface area contributed by atoms with E-state index in [1.54, 1.807) is 36.7 Å². The lowest BCUT2D eigenvalue weighted by molar-refractivity contribution is -0.385. The van der Waals surface area contributed by atoms with E-state index in [1.807, 2.05) is 0 Å². The molecule has 0 fully saturated rings. The van der Waals surface area contributed by atoms with Crippen molar-refractivity contribution in [3.8, 4) is 17.0 Å². The van der Waals surface area contributed by atoms with Crippen LogP contribution in [-0.2, 0) is 0 Å². The highest BCUT2D eigenvalue weighted by molar-refractivity contribution is 7.07. The zero-order valence-electron chi connectivity index (χ0n) is 14.6. The molecule has 9 nitrogen and oxygen atoms in total. The van der Waals surface area contributed by atoms with Gasteiger partial charge in [-0.2, -0.15) is 5.10 Å². The minimum atomic E-state index is -0.759. The molecular formula is C18H15N5O4S. The smallest absolute Gasteiger partial charge is 0.278 e. The van der Waals surface area contributed by atoms with Crippen molar-refractivity contribution in [1.82, 2.24) is 4.68 Å². The number of nitro groups is 1. The maximum Gasteiger partial charge on any atom is 0.278 e. The van der Waals surface area contributed by atoms with Gasteiger partial charge in [-0.15, -0.1) is 11.3 Å². The number of hydrogen-bond donors (Lipinski definition) is 2. The van der Waals surface area contributed by atoms with E-state index >= 15 is 0 Å². The van der Waals surface area contributed by atoms with Crippen molar-refractivity contribution in [3.05, 3.63) is 73.9 Å². The Balaban J connectivity index is 2.12. The van der Waals surface area contributed by atoms with E-state index in [1.165, 1.54) is 40.4 Å². The number of carbonyl (C=O) groups excluding carboxylic acids is 1. The number of amides is 1. The third kappa shape index (κ3) is 3.67. The van der Waals surface area contributed by atoms with Gasteiger partial charge in [-0.05, 0) is 24.3 Å². The van der Waals surface area contributed by atoms with Crippen LogP contribution in [0.4, 0.5) is 5.69 Å². The minimum Gasteiger partial charge on any atom is -0.507 e. The van der Waals surface area contributed by atoms with Gasteiger partial charge in [-0.25, -0.2) is 4.68 Å². The summed E-state index contributed by atoms with van der Waals surface area (Å²) in [5.74, 6) is -0.980. The Kier molecular flexibility index (Phi) is 5.32. The van der Waals surface area contributed by atoms with Crippen molar-refractivity contribution >= 4 is 29.1 Å². The fourth-order valence-corrected chi connectivity index (χ4v) is 3.34. The first-order valence-electron chi connectivity index (χ1n) is 7.96. The molecule has 0 aliphatic heterocycles. The third-order valence-corrected chi connectivity index (χ3v) is 4.79. The number of aromatic nitrogens is 1. The van der Waals surface area contributed by atoms with Crippen LogP contribution < -0.4 is 10.5 Å². The standard InChI is InChI=1S/C18H15N5O4S/c1-20-18-22(21-9-12-4-2-3-5-14(12)23(26)27)15(10-28-18)11-6-7-16(24)13(8-11)17(19)25/h2-10,24H,1H3,(H2,19,25)/b20-18?,21-9-. The summed E-state index contributed by atoms with van der Waals surface area (Å²) in [4.78, 5) is 26.9. The number of thiazole rings is 1. The number of hydrogen-bond acceptors (Lipinski definition) is 7. The number of nitro benzene ring substituents is 1. The van der Waals surface area contributed by atoms with Gasteiger partial charge in [0, 0.05) is 24.1 Å². The molecule has 3 aromatic rings. The monoisotopic (exact) mass is 397 g/mol. The van der Waals surface area contributed by atoms with Crippen molar-refractivity contribution < 1.29 is 14.8 Å². The number of carbonyl (C=O) groups is 1. The highest BCUT2D eigenvalue weighted by Crippen LogP contribution is 2.26. The van der Waals surface area contributed by atoms with E-state index in [4.69, 9.17) is 5.73 Å². The SMILES string of the molecule is CN=c1scc(-c2ccc(O)c(C(N)=O)c2)n1/N=C\c1ccccc1[N+](=O)[O-]. The molecular weight excluding hydrogens is 382 g/mol. The Morgan fingerprint density at radius 3 is 2.75 bits per heavy atom. The molecule has 1 heterocycles. The average molecular weight is 397 g/mol. The third-order valence-electron chi connectivity index (χ3n) is 3.88. The molecule has 28 heavy (non-hydrogen) atoms. The highest BCUT2D eigenvalue weighted by atomic mass is 32.1. The molecule has 10 heteroatoms. The predicted molar refractivity (Wildman–Crippen MR) is 106 cm³/mol. The van der Waals surface area contributed by atoms with Gasteiger partial charge < -0.3 is 10.8 Å². The first kappa shape index (κ1) is 19.0. The second-order valence-corrected chi connectivity index (χ2v) is 6.43. The van der Waals surface area contributed by atoms with Gasteiger partial charge in [-0.3, -0.25) is 19.9 Å². The van der Waals surface area contributed by atoms with Crippen LogP contribution >= 0.6 is 11.3 Å². The summed E-state index contributed by atoms with van der Waals surface area (Å²) in [7, 11) is 1.60. The molecule has 0 saturated carbocycles. The molecule has 0 aliphatic rings. The van der Waals surface area contributed by atoms with Crippen molar-refractivity contribution in [1.29, 1.82) is 0 Å². The molecule has 0 radical (unpaired) electrons. The molecule has 0 spiro atoms. The zero-order chi connectivity index (χ0) is 20.3. The molecule has 0 aliphatic carbocycles. The second-order valence-electron chi connectivity index (χ2n) is 5.60. The van der Waals surface area contributed by atoms with Gasteiger partial charge in [0.1, 0.15) is 5.75 Å². The summed E-state index contributed by atoms with van der Waals surface area (Å²) in [5.41, 5.74) is 6.71. The van der Waals surface area contributed by atoms with Gasteiger partial charge in [-0.1, -0.05) is 12.1 Å².